The lowest BCUT2D eigenvalue weighted by atomic mass is 10.2. The van der Waals surface area contributed by atoms with Gasteiger partial charge in [-0.25, -0.2) is 4.39 Å². The van der Waals surface area contributed by atoms with E-state index in [-0.39, 0.29) is 5.82 Å². The number of hydrogen-bond donors (Lipinski definition) is 1. The van der Waals surface area contributed by atoms with Crippen LogP contribution in [0.4, 0.5) is 10.1 Å². The number of halogens is 1. The summed E-state index contributed by atoms with van der Waals surface area (Å²) < 4.78 is 18.1. The third-order valence-electron chi connectivity index (χ3n) is 1.95. The molecular formula is C10H15FN2O. The Kier molecular flexibility index (Phi) is 3.71. The summed E-state index contributed by atoms with van der Waals surface area (Å²) in [6, 6.07) is 4.46. The summed E-state index contributed by atoms with van der Waals surface area (Å²) in [6.07, 6.45) is 0. The zero-order valence-electron chi connectivity index (χ0n) is 8.67. The van der Waals surface area contributed by atoms with Crippen molar-refractivity contribution in [2.24, 2.45) is 0 Å². The van der Waals surface area contributed by atoms with E-state index in [9.17, 15) is 4.39 Å². The van der Waals surface area contributed by atoms with Crippen molar-refractivity contribution < 1.29 is 9.13 Å². The lowest BCUT2D eigenvalue weighted by Gasteiger charge is -2.21. The van der Waals surface area contributed by atoms with Crippen LogP contribution in [0.2, 0.25) is 0 Å². The molecule has 1 N–H and O–H groups in total. The minimum absolute atomic E-state index is 0.260. The summed E-state index contributed by atoms with van der Waals surface area (Å²) in [5.74, 6) is 0.410. The Morgan fingerprint density at radius 3 is 2.79 bits per heavy atom. The first-order valence-corrected chi connectivity index (χ1v) is 4.38. The number of anilines is 1. The van der Waals surface area contributed by atoms with E-state index < -0.39 is 0 Å². The third kappa shape index (κ3) is 2.35. The van der Waals surface area contributed by atoms with E-state index in [0.717, 1.165) is 5.69 Å². The molecule has 4 heteroatoms. The summed E-state index contributed by atoms with van der Waals surface area (Å²) in [6.45, 7) is 0.639. The first-order chi connectivity index (χ1) is 6.69. The molecule has 0 aromatic heterocycles. The number of nitrogens with zero attached hydrogens (tertiary/aromatic N) is 1. The maximum atomic E-state index is 13.0. The maximum Gasteiger partial charge on any atom is 0.142 e. The molecule has 0 amide bonds. The van der Waals surface area contributed by atoms with Crippen LogP contribution < -0.4 is 15.0 Å². The number of rotatable bonds is 4. The molecule has 0 saturated carbocycles. The Balaban J connectivity index is 2.97. The van der Waals surface area contributed by atoms with Crippen LogP contribution in [-0.4, -0.2) is 27.9 Å². The molecule has 1 aromatic carbocycles. The summed E-state index contributed by atoms with van der Waals surface area (Å²) in [5, 5.41) is 2.98. The standard InChI is InChI=1S/C10H15FN2O/c1-12-7-13(2)9-6-8(11)4-5-10(9)14-3/h4-6,12H,7H2,1-3H3. The van der Waals surface area contributed by atoms with Gasteiger partial charge in [0.2, 0.25) is 0 Å². The van der Waals surface area contributed by atoms with Gasteiger partial charge in [0.25, 0.3) is 0 Å². The zero-order valence-corrected chi connectivity index (χ0v) is 8.67. The van der Waals surface area contributed by atoms with Crippen LogP contribution in [0.3, 0.4) is 0 Å². The molecule has 0 aliphatic rings. The maximum absolute atomic E-state index is 13.0. The Morgan fingerprint density at radius 2 is 2.21 bits per heavy atom. The predicted octanol–water partition coefficient (Wildman–Crippen LogP) is 1.45. The molecule has 1 aromatic rings. The van der Waals surface area contributed by atoms with Crippen LogP contribution in [0.1, 0.15) is 0 Å². The van der Waals surface area contributed by atoms with Crippen LogP contribution in [0, 0.1) is 5.82 Å². The molecule has 0 heterocycles. The molecular weight excluding hydrogens is 183 g/mol. The van der Waals surface area contributed by atoms with E-state index in [2.05, 4.69) is 5.32 Å². The fourth-order valence-electron chi connectivity index (χ4n) is 1.28. The van der Waals surface area contributed by atoms with Crippen molar-refractivity contribution in [3.8, 4) is 5.75 Å². The quantitative estimate of drug-likeness (QED) is 0.741. The molecule has 0 aliphatic carbocycles. The molecule has 0 unspecified atom stereocenters. The second-order valence-corrected chi connectivity index (χ2v) is 3.03. The minimum atomic E-state index is -0.260. The lowest BCUT2D eigenvalue weighted by Crippen LogP contribution is -2.28. The van der Waals surface area contributed by atoms with Crippen LogP contribution in [-0.2, 0) is 0 Å². The van der Waals surface area contributed by atoms with E-state index in [1.54, 1.807) is 13.2 Å². The summed E-state index contributed by atoms with van der Waals surface area (Å²) in [5.41, 5.74) is 0.738. The lowest BCUT2D eigenvalue weighted by molar-refractivity contribution is 0.413. The Morgan fingerprint density at radius 1 is 1.50 bits per heavy atom. The predicted molar refractivity (Wildman–Crippen MR) is 55.3 cm³/mol. The summed E-state index contributed by atoms with van der Waals surface area (Å²) in [4.78, 5) is 1.88. The molecule has 0 saturated heterocycles. The molecule has 0 radical (unpaired) electrons. The number of nitrogens with one attached hydrogen (secondary N) is 1. The largest absolute Gasteiger partial charge is 0.495 e. The molecule has 0 fully saturated rings. The van der Waals surface area contributed by atoms with Crippen LogP contribution >= 0.6 is 0 Å². The highest BCUT2D eigenvalue weighted by atomic mass is 19.1. The average Bonchev–Trinajstić information content (AvgIpc) is 2.18. The van der Waals surface area contributed by atoms with Gasteiger partial charge >= 0.3 is 0 Å². The van der Waals surface area contributed by atoms with Crippen molar-refractivity contribution in [2.45, 2.75) is 0 Å². The van der Waals surface area contributed by atoms with E-state index in [1.807, 2.05) is 19.0 Å². The number of hydrogen-bond acceptors (Lipinski definition) is 3. The van der Waals surface area contributed by atoms with Gasteiger partial charge in [-0.2, -0.15) is 0 Å². The summed E-state index contributed by atoms with van der Waals surface area (Å²) in [7, 11) is 5.28. The number of ether oxygens (including phenoxy) is 1. The van der Waals surface area contributed by atoms with Crippen LogP contribution in [0.15, 0.2) is 18.2 Å². The van der Waals surface area contributed by atoms with Gasteiger partial charge < -0.3 is 15.0 Å². The van der Waals surface area contributed by atoms with Crippen molar-refractivity contribution in [3.05, 3.63) is 24.0 Å². The Bertz CT molecular complexity index is 304. The van der Waals surface area contributed by atoms with Crippen LogP contribution in [0.25, 0.3) is 0 Å². The van der Waals surface area contributed by atoms with E-state index >= 15 is 0 Å². The van der Waals surface area contributed by atoms with Gasteiger partial charge in [-0.05, 0) is 19.2 Å². The molecule has 0 spiro atoms. The Labute approximate surface area is 83.5 Å². The summed E-state index contributed by atoms with van der Waals surface area (Å²) >= 11 is 0. The minimum Gasteiger partial charge on any atom is -0.495 e. The normalized spacial score (nSPS) is 10.0. The fraction of sp³-hybridized carbons (Fsp3) is 0.400. The first-order valence-electron chi connectivity index (χ1n) is 4.38. The van der Waals surface area contributed by atoms with Crippen molar-refractivity contribution in [3.63, 3.8) is 0 Å². The number of benzene rings is 1. The average molecular weight is 198 g/mol. The fourth-order valence-corrected chi connectivity index (χ4v) is 1.28. The van der Waals surface area contributed by atoms with Gasteiger partial charge in [0.1, 0.15) is 11.6 Å². The molecule has 1 rings (SSSR count). The smallest absolute Gasteiger partial charge is 0.142 e. The highest BCUT2D eigenvalue weighted by Gasteiger charge is 2.08. The van der Waals surface area contributed by atoms with Crippen molar-refractivity contribution in [1.82, 2.24) is 5.32 Å². The topological polar surface area (TPSA) is 24.5 Å². The van der Waals surface area contributed by atoms with Gasteiger partial charge in [0.15, 0.2) is 0 Å². The highest BCUT2D eigenvalue weighted by molar-refractivity contribution is 5.58. The van der Waals surface area contributed by atoms with Gasteiger partial charge in [0, 0.05) is 13.1 Å². The second kappa shape index (κ2) is 4.81. The van der Waals surface area contributed by atoms with Crippen molar-refractivity contribution in [1.29, 1.82) is 0 Å². The molecule has 78 valence electrons. The monoisotopic (exact) mass is 198 g/mol. The second-order valence-electron chi connectivity index (χ2n) is 3.03. The zero-order chi connectivity index (χ0) is 10.6. The van der Waals surface area contributed by atoms with Crippen molar-refractivity contribution >= 4 is 5.69 Å². The Hall–Kier alpha value is -1.29. The molecule has 3 nitrogen and oxygen atoms in total. The highest BCUT2D eigenvalue weighted by Crippen LogP contribution is 2.27. The molecule has 14 heavy (non-hydrogen) atoms. The van der Waals surface area contributed by atoms with E-state index in [4.69, 9.17) is 4.74 Å². The number of methoxy groups -OCH3 is 1. The van der Waals surface area contributed by atoms with Gasteiger partial charge in [-0.3, -0.25) is 0 Å². The third-order valence-corrected chi connectivity index (χ3v) is 1.95. The molecule has 0 aliphatic heterocycles. The van der Waals surface area contributed by atoms with Crippen molar-refractivity contribution in [2.75, 3.05) is 32.8 Å². The first kappa shape index (κ1) is 10.8. The molecule has 0 atom stereocenters. The molecule has 0 bridgehead atoms. The van der Waals surface area contributed by atoms with Gasteiger partial charge in [0.05, 0.1) is 19.5 Å². The van der Waals surface area contributed by atoms with Gasteiger partial charge in [-0.1, -0.05) is 0 Å². The van der Waals surface area contributed by atoms with E-state index in [0.29, 0.717) is 12.4 Å². The van der Waals surface area contributed by atoms with E-state index in [1.165, 1.54) is 12.1 Å². The van der Waals surface area contributed by atoms with Crippen LogP contribution in [0.5, 0.6) is 5.75 Å². The van der Waals surface area contributed by atoms with Gasteiger partial charge in [-0.15, -0.1) is 0 Å². The SMILES string of the molecule is CNCN(C)c1cc(F)ccc1OC.